The molecule has 65 heavy (non-hydrogen) atoms. The van der Waals surface area contributed by atoms with Gasteiger partial charge in [-0.2, -0.15) is 0 Å². The Morgan fingerprint density at radius 3 is 1.57 bits per heavy atom. The van der Waals surface area contributed by atoms with E-state index in [1.807, 2.05) is 60.7 Å². The van der Waals surface area contributed by atoms with Gasteiger partial charge in [-0.15, -0.1) is 0 Å². The van der Waals surface area contributed by atoms with Crippen molar-refractivity contribution in [3.05, 3.63) is 224 Å². The molecule has 8 aromatic carbocycles. The summed E-state index contributed by atoms with van der Waals surface area (Å²) in [4.78, 5) is 22.2. The minimum atomic E-state index is 0.605. The van der Waals surface area contributed by atoms with Crippen LogP contribution in [0.1, 0.15) is 18.7 Å². The molecule has 11 aromatic rings. The van der Waals surface area contributed by atoms with Gasteiger partial charge in [-0.05, 0) is 109 Å². The first-order chi connectivity index (χ1) is 32.2. The van der Waals surface area contributed by atoms with Crippen molar-refractivity contribution in [3.63, 3.8) is 0 Å². The third-order valence-corrected chi connectivity index (χ3v) is 12.1. The van der Waals surface area contributed by atoms with Gasteiger partial charge in [-0.1, -0.05) is 133 Å². The lowest BCUT2D eigenvalue weighted by atomic mass is 10.0. The van der Waals surface area contributed by atoms with Crippen molar-refractivity contribution < 1.29 is 4.42 Å². The number of oxazole rings is 1. The summed E-state index contributed by atoms with van der Waals surface area (Å²) in [5.41, 5.74) is 13.9. The van der Waals surface area contributed by atoms with Crippen molar-refractivity contribution in [2.24, 2.45) is 0 Å². The van der Waals surface area contributed by atoms with Crippen molar-refractivity contribution in [1.82, 2.24) is 24.5 Å². The highest BCUT2D eigenvalue weighted by Gasteiger charge is 2.22. The summed E-state index contributed by atoms with van der Waals surface area (Å²) >= 11 is 0. The standard InChI is InChI=1S/C58H40N6O/c1-6-16-40(17-7-1)55-60-56(41-18-8-2-9-19-41)62-57(61-55)42-28-33-48(34-29-42)64-52-37-30-44(38-50(52)49-35-36-51-54(53(49)64)65-58(59-51)43-20-10-3-11-21-43)39-26-31-47(32-27-39)63(45-22-12-4-13-23-45)46-24-14-5-15-25-46/h1-2,4-10,12-38H,3,11H2. The summed E-state index contributed by atoms with van der Waals surface area (Å²) in [6, 6.07) is 69.5. The van der Waals surface area contributed by atoms with Gasteiger partial charge >= 0.3 is 0 Å². The van der Waals surface area contributed by atoms with Crippen LogP contribution in [0.3, 0.4) is 0 Å². The van der Waals surface area contributed by atoms with Crippen molar-refractivity contribution in [3.8, 4) is 51.0 Å². The number of fused-ring (bicyclic) bond motifs is 5. The van der Waals surface area contributed by atoms with Gasteiger partial charge in [0.25, 0.3) is 0 Å². The van der Waals surface area contributed by atoms with Crippen molar-refractivity contribution >= 4 is 55.5 Å². The topological polar surface area (TPSA) is 72.9 Å². The van der Waals surface area contributed by atoms with E-state index in [0.717, 1.165) is 102 Å². The zero-order valence-electron chi connectivity index (χ0n) is 35.3. The lowest BCUT2D eigenvalue weighted by Crippen LogP contribution is -2.09. The van der Waals surface area contributed by atoms with E-state index >= 15 is 0 Å². The van der Waals surface area contributed by atoms with Crippen LogP contribution >= 0.6 is 0 Å². The molecule has 0 unspecified atom stereocenters. The quantitative estimate of drug-likeness (QED) is 0.144. The molecule has 0 saturated carbocycles. The van der Waals surface area contributed by atoms with Crippen LogP contribution in [0.5, 0.6) is 0 Å². The predicted octanol–water partition coefficient (Wildman–Crippen LogP) is 15.0. The molecule has 0 spiro atoms. The molecule has 3 aromatic heterocycles. The Morgan fingerprint density at radius 2 is 0.985 bits per heavy atom. The van der Waals surface area contributed by atoms with Crippen LogP contribution in [0, 0.1) is 0 Å². The highest BCUT2D eigenvalue weighted by molar-refractivity contribution is 6.17. The van der Waals surface area contributed by atoms with E-state index in [1.54, 1.807) is 0 Å². The third-order valence-electron chi connectivity index (χ3n) is 12.1. The molecule has 0 aliphatic heterocycles. The van der Waals surface area contributed by atoms with Crippen molar-refractivity contribution in [2.45, 2.75) is 12.8 Å². The zero-order valence-corrected chi connectivity index (χ0v) is 35.3. The average Bonchev–Trinajstić information content (AvgIpc) is 3.98. The van der Waals surface area contributed by atoms with E-state index in [-0.39, 0.29) is 0 Å². The number of aromatic nitrogens is 5. The van der Waals surface area contributed by atoms with Crippen LogP contribution in [0.15, 0.2) is 223 Å². The lowest BCUT2D eigenvalue weighted by molar-refractivity contribution is 0.587. The predicted molar refractivity (Wildman–Crippen MR) is 265 cm³/mol. The van der Waals surface area contributed by atoms with Crippen LogP contribution in [0.2, 0.25) is 0 Å². The van der Waals surface area contributed by atoms with E-state index in [2.05, 4.69) is 167 Å². The minimum Gasteiger partial charge on any atom is -0.434 e. The molecule has 308 valence electrons. The highest BCUT2D eigenvalue weighted by atomic mass is 16.3. The first kappa shape index (κ1) is 38.0. The molecule has 0 radical (unpaired) electrons. The lowest BCUT2D eigenvalue weighted by Gasteiger charge is -2.25. The molecule has 3 heterocycles. The van der Waals surface area contributed by atoms with Gasteiger partial charge in [-0.3, -0.25) is 0 Å². The van der Waals surface area contributed by atoms with Gasteiger partial charge in [0.05, 0.1) is 11.0 Å². The normalized spacial score (nSPS) is 12.5. The van der Waals surface area contributed by atoms with Crippen LogP contribution in [-0.4, -0.2) is 24.5 Å². The second-order valence-corrected chi connectivity index (χ2v) is 16.2. The summed E-state index contributed by atoms with van der Waals surface area (Å²) in [6.45, 7) is 0. The smallest absolute Gasteiger partial charge is 0.227 e. The number of rotatable bonds is 9. The maximum absolute atomic E-state index is 6.76. The number of para-hydroxylation sites is 2. The Bertz CT molecular complexity index is 3460. The SMILES string of the molecule is C1=CC(c2nc3ccc4c5cc(-c6ccc(N(c7ccccc7)c7ccccc7)cc6)ccc5n(-c5ccc(-c6nc(-c7ccccc7)nc(-c7ccccc7)n6)cc5)c4c3o2)=CCC1. The van der Waals surface area contributed by atoms with E-state index < -0.39 is 0 Å². The fourth-order valence-electron chi connectivity index (χ4n) is 8.93. The summed E-state index contributed by atoms with van der Waals surface area (Å²) in [5.74, 6) is 2.49. The van der Waals surface area contributed by atoms with E-state index in [0.29, 0.717) is 23.4 Å². The van der Waals surface area contributed by atoms with Gasteiger partial charge in [0.15, 0.2) is 23.1 Å². The molecular formula is C58H40N6O. The molecule has 0 atom stereocenters. The summed E-state index contributed by atoms with van der Waals surface area (Å²) in [5, 5.41) is 2.21. The fraction of sp³-hybridized carbons (Fsp3) is 0.0345. The Balaban J connectivity index is 0.983. The second kappa shape index (κ2) is 16.2. The molecule has 0 amide bonds. The molecule has 7 nitrogen and oxygen atoms in total. The Kier molecular flexibility index (Phi) is 9.49. The maximum atomic E-state index is 6.76. The van der Waals surface area contributed by atoms with Gasteiger partial charge in [0.2, 0.25) is 5.89 Å². The molecule has 1 aliphatic carbocycles. The number of hydrogen-bond donors (Lipinski definition) is 0. The Hall–Kier alpha value is -8.68. The Labute approximate surface area is 376 Å². The Morgan fingerprint density at radius 1 is 0.446 bits per heavy atom. The van der Waals surface area contributed by atoms with Gasteiger partial charge in [-0.25, -0.2) is 19.9 Å². The van der Waals surface area contributed by atoms with Gasteiger partial charge in [0, 0.05) is 55.8 Å². The molecule has 0 N–H and O–H groups in total. The van der Waals surface area contributed by atoms with Crippen molar-refractivity contribution in [2.75, 3.05) is 4.90 Å². The second-order valence-electron chi connectivity index (χ2n) is 16.2. The largest absolute Gasteiger partial charge is 0.434 e. The summed E-state index contributed by atoms with van der Waals surface area (Å²) < 4.78 is 9.06. The van der Waals surface area contributed by atoms with Crippen molar-refractivity contribution in [1.29, 1.82) is 0 Å². The molecule has 0 bridgehead atoms. The van der Waals surface area contributed by atoms with Gasteiger partial charge < -0.3 is 13.9 Å². The zero-order chi connectivity index (χ0) is 43.1. The van der Waals surface area contributed by atoms with E-state index in [1.165, 1.54) is 0 Å². The minimum absolute atomic E-state index is 0.605. The maximum Gasteiger partial charge on any atom is 0.227 e. The first-order valence-corrected chi connectivity index (χ1v) is 22.0. The molecule has 0 saturated heterocycles. The number of hydrogen-bond acceptors (Lipinski definition) is 6. The monoisotopic (exact) mass is 836 g/mol. The van der Waals surface area contributed by atoms with Crippen LogP contribution in [0.4, 0.5) is 17.1 Å². The highest BCUT2D eigenvalue weighted by Crippen LogP contribution is 2.41. The molecule has 12 rings (SSSR count). The summed E-state index contributed by atoms with van der Waals surface area (Å²) in [7, 11) is 0. The first-order valence-electron chi connectivity index (χ1n) is 22.0. The van der Waals surface area contributed by atoms with Crippen LogP contribution in [0.25, 0.3) is 89.5 Å². The molecule has 1 aliphatic rings. The van der Waals surface area contributed by atoms with Crippen LogP contribution < -0.4 is 4.90 Å². The summed E-state index contributed by atoms with van der Waals surface area (Å²) in [6.07, 6.45) is 8.50. The van der Waals surface area contributed by atoms with E-state index in [4.69, 9.17) is 24.4 Å². The van der Waals surface area contributed by atoms with Crippen LogP contribution in [-0.2, 0) is 0 Å². The number of benzene rings is 8. The number of allylic oxidation sites excluding steroid dienone is 4. The molecule has 7 heteroatoms. The fourth-order valence-corrected chi connectivity index (χ4v) is 8.93. The van der Waals surface area contributed by atoms with E-state index in [9.17, 15) is 0 Å². The number of anilines is 3. The number of nitrogens with zero attached hydrogens (tertiary/aromatic N) is 6. The van der Waals surface area contributed by atoms with Gasteiger partial charge in [0.1, 0.15) is 5.52 Å². The molecule has 0 fully saturated rings. The third kappa shape index (κ3) is 7.05. The molecular weight excluding hydrogens is 797 g/mol. The average molecular weight is 837 g/mol.